The van der Waals surface area contributed by atoms with Crippen LogP contribution in [0.25, 0.3) is 0 Å². The lowest BCUT2D eigenvalue weighted by Crippen LogP contribution is -2.45. The summed E-state index contributed by atoms with van der Waals surface area (Å²) in [5.41, 5.74) is 2.35. The van der Waals surface area contributed by atoms with Crippen molar-refractivity contribution in [2.45, 2.75) is 38.0 Å². The van der Waals surface area contributed by atoms with Crippen LogP contribution in [0.15, 0.2) is 23.0 Å². The average molecular weight is 426 g/mol. The molecule has 2 aliphatic heterocycles. The molecule has 3 aliphatic rings. The van der Waals surface area contributed by atoms with Crippen molar-refractivity contribution in [3.63, 3.8) is 0 Å². The van der Waals surface area contributed by atoms with E-state index in [0.717, 1.165) is 36.1 Å². The lowest BCUT2D eigenvalue weighted by Gasteiger charge is -2.39. The van der Waals surface area contributed by atoms with Crippen LogP contribution in [0.5, 0.6) is 0 Å². The summed E-state index contributed by atoms with van der Waals surface area (Å²) in [7, 11) is 0. The lowest BCUT2D eigenvalue weighted by atomic mass is 9.76. The third-order valence-corrected chi connectivity index (χ3v) is 7.03. The van der Waals surface area contributed by atoms with Gasteiger partial charge in [0.25, 0.3) is 11.5 Å². The minimum absolute atomic E-state index is 0.0522. The Morgan fingerprint density at radius 2 is 1.90 bits per heavy atom. The van der Waals surface area contributed by atoms with Gasteiger partial charge < -0.3 is 14.5 Å². The van der Waals surface area contributed by atoms with Crippen molar-refractivity contribution in [3.05, 3.63) is 56.8 Å². The number of carbonyl (C=O) groups excluding carboxylic acids is 1. The highest BCUT2D eigenvalue weighted by atomic mass is 19.1. The van der Waals surface area contributed by atoms with Gasteiger partial charge in [-0.15, -0.1) is 0 Å². The van der Waals surface area contributed by atoms with Gasteiger partial charge in [-0.2, -0.15) is 0 Å². The standard InChI is InChI=1S/C23H27FN4O3/c1-15-2-3-16(18(24)14-15)21(30)27-8-6-23(7-9-27)5-4-17-19(23)25-22(26-20(17)29)28-10-12-31-13-11-28/h2-3,14H,4-13H2,1H3,(H,25,26,29). The quantitative estimate of drug-likeness (QED) is 0.796. The van der Waals surface area contributed by atoms with E-state index in [9.17, 15) is 14.0 Å². The van der Waals surface area contributed by atoms with Gasteiger partial charge in [0.05, 0.1) is 24.5 Å². The van der Waals surface area contributed by atoms with Crippen LogP contribution >= 0.6 is 0 Å². The normalized spacial score (nSPS) is 20.2. The van der Waals surface area contributed by atoms with Crippen LogP contribution < -0.4 is 10.5 Å². The van der Waals surface area contributed by atoms with E-state index >= 15 is 0 Å². The molecule has 8 heteroatoms. The highest BCUT2D eigenvalue weighted by Crippen LogP contribution is 2.44. The Morgan fingerprint density at radius 1 is 1.16 bits per heavy atom. The van der Waals surface area contributed by atoms with Gasteiger partial charge in [0.1, 0.15) is 5.82 Å². The van der Waals surface area contributed by atoms with Crippen molar-refractivity contribution < 1.29 is 13.9 Å². The first-order chi connectivity index (χ1) is 15.0. The van der Waals surface area contributed by atoms with Gasteiger partial charge in [-0.3, -0.25) is 14.6 Å². The number of fused-ring (bicyclic) bond motifs is 2. The Labute approximate surface area is 180 Å². The van der Waals surface area contributed by atoms with Gasteiger partial charge in [0.15, 0.2) is 0 Å². The van der Waals surface area contributed by atoms with Gasteiger partial charge in [-0.25, -0.2) is 9.37 Å². The number of amides is 1. The summed E-state index contributed by atoms with van der Waals surface area (Å²) in [6.45, 7) is 5.54. The second-order valence-corrected chi connectivity index (χ2v) is 8.87. The van der Waals surface area contributed by atoms with E-state index in [-0.39, 0.29) is 22.4 Å². The fraction of sp³-hybridized carbons (Fsp3) is 0.522. The Balaban J connectivity index is 1.37. The number of likely N-dealkylation sites (tertiary alicyclic amines) is 1. The molecule has 0 radical (unpaired) electrons. The summed E-state index contributed by atoms with van der Waals surface area (Å²) in [6, 6.07) is 4.73. The van der Waals surface area contributed by atoms with E-state index in [0.29, 0.717) is 51.8 Å². The van der Waals surface area contributed by atoms with Gasteiger partial charge in [-0.05, 0) is 50.3 Å². The molecule has 1 aliphatic carbocycles. The van der Waals surface area contributed by atoms with Gasteiger partial charge in [-0.1, -0.05) is 6.07 Å². The number of benzene rings is 1. The fourth-order valence-electron chi connectivity index (χ4n) is 5.15. The van der Waals surface area contributed by atoms with Crippen molar-refractivity contribution in [3.8, 4) is 0 Å². The molecule has 1 amide bonds. The molecule has 31 heavy (non-hydrogen) atoms. The number of H-pyrrole nitrogens is 1. The van der Waals surface area contributed by atoms with Crippen molar-refractivity contribution in [1.29, 1.82) is 0 Å². The van der Waals surface area contributed by atoms with Crippen molar-refractivity contribution >= 4 is 11.9 Å². The molecular formula is C23H27FN4O3. The summed E-state index contributed by atoms with van der Waals surface area (Å²) in [5, 5.41) is 0. The molecule has 1 N–H and O–H groups in total. The number of nitrogens with one attached hydrogen (secondary N) is 1. The number of rotatable bonds is 2. The molecule has 1 aromatic heterocycles. The van der Waals surface area contributed by atoms with E-state index in [1.54, 1.807) is 24.0 Å². The Bertz CT molecular complexity index is 1070. The number of aryl methyl sites for hydroxylation is 1. The minimum Gasteiger partial charge on any atom is -0.378 e. The number of ether oxygens (including phenoxy) is 1. The van der Waals surface area contributed by atoms with Crippen LogP contribution in [-0.2, 0) is 16.6 Å². The first kappa shape index (κ1) is 20.2. The van der Waals surface area contributed by atoms with Crippen LogP contribution in [0.1, 0.15) is 46.4 Å². The SMILES string of the molecule is Cc1ccc(C(=O)N2CCC3(CCc4c3nc(N3CCOCC3)[nH]c4=O)CC2)c(F)c1. The van der Waals surface area contributed by atoms with Crippen LogP contribution in [-0.4, -0.2) is 60.2 Å². The maximum absolute atomic E-state index is 14.3. The number of piperidine rings is 1. The van der Waals surface area contributed by atoms with Crippen LogP contribution in [0.2, 0.25) is 0 Å². The number of aromatic amines is 1. The topological polar surface area (TPSA) is 78.5 Å². The smallest absolute Gasteiger partial charge is 0.256 e. The monoisotopic (exact) mass is 426 g/mol. The van der Waals surface area contributed by atoms with E-state index in [4.69, 9.17) is 9.72 Å². The van der Waals surface area contributed by atoms with Crippen LogP contribution in [0, 0.1) is 12.7 Å². The number of carbonyl (C=O) groups is 1. The number of anilines is 1. The molecule has 1 aromatic carbocycles. The predicted octanol–water partition coefficient (Wildman–Crippen LogP) is 2.17. The van der Waals surface area contributed by atoms with E-state index < -0.39 is 5.82 Å². The summed E-state index contributed by atoms with van der Waals surface area (Å²) >= 11 is 0. The summed E-state index contributed by atoms with van der Waals surface area (Å²) in [5.74, 6) is -0.119. The fourth-order valence-corrected chi connectivity index (χ4v) is 5.15. The Hall–Kier alpha value is -2.74. The Kier molecular flexibility index (Phi) is 5.04. The molecule has 3 heterocycles. The second kappa shape index (κ2) is 7.75. The lowest BCUT2D eigenvalue weighted by molar-refractivity contribution is 0.0659. The zero-order chi connectivity index (χ0) is 21.6. The summed E-state index contributed by atoms with van der Waals surface area (Å²) < 4.78 is 19.7. The molecule has 2 aromatic rings. The molecule has 0 atom stereocenters. The van der Waals surface area contributed by atoms with Gasteiger partial charge in [0.2, 0.25) is 5.95 Å². The minimum atomic E-state index is -0.472. The number of aromatic nitrogens is 2. The third-order valence-electron chi connectivity index (χ3n) is 7.03. The van der Waals surface area contributed by atoms with Crippen molar-refractivity contribution in [2.75, 3.05) is 44.3 Å². The number of halogens is 1. The number of morpholine rings is 1. The number of hydrogen-bond acceptors (Lipinski definition) is 5. The van der Waals surface area contributed by atoms with E-state index in [1.807, 2.05) is 0 Å². The maximum Gasteiger partial charge on any atom is 0.256 e. The molecule has 164 valence electrons. The van der Waals surface area contributed by atoms with E-state index in [1.165, 1.54) is 6.07 Å². The van der Waals surface area contributed by atoms with E-state index in [2.05, 4.69) is 9.88 Å². The second-order valence-electron chi connectivity index (χ2n) is 8.87. The third kappa shape index (κ3) is 3.52. The predicted molar refractivity (Wildman–Crippen MR) is 114 cm³/mol. The highest BCUT2D eigenvalue weighted by molar-refractivity contribution is 5.94. The van der Waals surface area contributed by atoms with Crippen molar-refractivity contribution in [1.82, 2.24) is 14.9 Å². The molecule has 2 fully saturated rings. The number of hydrogen-bond donors (Lipinski definition) is 1. The van der Waals surface area contributed by atoms with Gasteiger partial charge in [0, 0.05) is 37.2 Å². The molecule has 1 spiro atoms. The first-order valence-corrected chi connectivity index (χ1v) is 11.0. The zero-order valence-corrected chi connectivity index (χ0v) is 17.7. The van der Waals surface area contributed by atoms with Gasteiger partial charge >= 0.3 is 0 Å². The summed E-state index contributed by atoms with van der Waals surface area (Å²) in [6.07, 6.45) is 3.05. The van der Waals surface area contributed by atoms with Crippen LogP contribution in [0.3, 0.4) is 0 Å². The Morgan fingerprint density at radius 3 is 2.61 bits per heavy atom. The molecule has 0 saturated carbocycles. The zero-order valence-electron chi connectivity index (χ0n) is 17.7. The number of nitrogens with zero attached hydrogens (tertiary/aromatic N) is 3. The molecule has 0 unspecified atom stereocenters. The highest BCUT2D eigenvalue weighted by Gasteiger charge is 2.45. The first-order valence-electron chi connectivity index (χ1n) is 11.0. The average Bonchev–Trinajstić information content (AvgIpc) is 3.13. The molecule has 0 bridgehead atoms. The van der Waals surface area contributed by atoms with Crippen molar-refractivity contribution in [2.24, 2.45) is 0 Å². The van der Waals surface area contributed by atoms with Crippen LogP contribution in [0.4, 0.5) is 10.3 Å². The molecule has 5 rings (SSSR count). The maximum atomic E-state index is 14.3. The largest absolute Gasteiger partial charge is 0.378 e. The summed E-state index contributed by atoms with van der Waals surface area (Å²) in [4.78, 5) is 37.3. The molecular weight excluding hydrogens is 399 g/mol. The molecule has 7 nitrogen and oxygen atoms in total. The molecule has 2 saturated heterocycles.